The van der Waals surface area contributed by atoms with Crippen LogP contribution in [0.4, 0.5) is 0 Å². The minimum absolute atomic E-state index is 0.103. The van der Waals surface area contributed by atoms with Crippen LogP contribution in [0.2, 0.25) is 0 Å². The van der Waals surface area contributed by atoms with Crippen molar-refractivity contribution >= 4 is 11.9 Å². The molecule has 0 amide bonds. The third-order valence-electron chi connectivity index (χ3n) is 2.28. The van der Waals surface area contributed by atoms with Gasteiger partial charge in [0.25, 0.3) is 5.56 Å². The first-order valence-electron chi connectivity index (χ1n) is 5.53. The number of aromatic nitrogens is 1. The lowest BCUT2D eigenvalue weighted by atomic mass is 10.1. The Hall–Kier alpha value is -2.11. The van der Waals surface area contributed by atoms with Crippen LogP contribution >= 0.6 is 0 Å². The average Bonchev–Trinajstić information content (AvgIpc) is 2.28. The van der Waals surface area contributed by atoms with Crippen molar-refractivity contribution in [1.82, 2.24) is 4.98 Å². The molecule has 0 radical (unpaired) electrons. The molecule has 0 fully saturated rings. The smallest absolute Gasteiger partial charge is 0.347 e. The summed E-state index contributed by atoms with van der Waals surface area (Å²) in [6.45, 7) is 4.85. The van der Waals surface area contributed by atoms with Crippen LogP contribution in [0.15, 0.2) is 17.1 Å². The predicted octanol–water partition coefficient (Wildman–Crippen LogP) is 0.792. The van der Waals surface area contributed by atoms with Gasteiger partial charge in [0.15, 0.2) is 6.10 Å². The molecule has 1 N–H and O–H groups in total. The quantitative estimate of drug-likeness (QED) is 0.802. The number of nitrogens with one attached hydrogen (secondary N) is 1. The number of carbonyl (C=O) groups excluding carboxylic acids is 2. The van der Waals surface area contributed by atoms with E-state index in [9.17, 15) is 14.4 Å². The van der Waals surface area contributed by atoms with E-state index in [0.717, 1.165) is 0 Å². The van der Waals surface area contributed by atoms with Gasteiger partial charge in [-0.15, -0.1) is 0 Å². The molecule has 1 atom stereocenters. The van der Waals surface area contributed by atoms with Crippen LogP contribution in [-0.2, 0) is 14.3 Å². The number of H-pyrrole nitrogens is 1. The molecule has 6 nitrogen and oxygen atoms in total. The lowest BCUT2D eigenvalue weighted by molar-refractivity contribution is -0.152. The molecule has 6 heteroatoms. The topological polar surface area (TPSA) is 85.5 Å². The van der Waals surface area contributed by atoms with Gasteiger partial charge in [0.2, 0.25) is 0 Å². The van der Waals surface area contributed by atoms with Gasteiger partial charge in [-0.1, -0.05) is 0 Å². The van der Waals surface area contributed by atoms with Gasteiger partial charge in [-0.25, -0.2) is 9.59 Å². The predicted molar refractivity (Wildman–Crippen MR) is 63.3 cm³/mol. The zero-order chi connectivity index (χ0) is 13.7. The summed E-state index contributed by atoms with van der Waals surface area (Å²) in [5.74, 6) is -1.48. The van der Waals surface area contributed by atoms with Crippen molar-refractivity contribution in [3.63, 3.8) is 0 Å². The molecule has 0 unspecified atom stereocenters. The second-order valence-corrected chi connectivity index (χ2v) is 3.66. The molecular formula is C12H15NO5. The zero-order valence-corrected chi connectivity index (χ0v) is 10.5. The molecule has 0 aliphatic rings. The number of rotatable bonds is 4. The molecule has 0 aromatic carbocycles. The summed E-state index contributed by atoms with van der Waals surface area (Å²) in [5.41, 5.74) is -0.162. The molecule has 1 aromatic rings. The molecule has 0 saturated heterocycles. The van der Waals surface area contributed by atoms with E-state index in [1.165, 1.54) is 13.1 Å². The Kier molecular flexibility index (Phi) is 4.65. The summed E-state index contributed by atoms with van der Waals surface area (Å²) >= 11 is 0. The van der Waals surface area contributed by atoms with Crippen molar-refractivity contribution in [2.75, 3.05) is 6.61 Å². The highest BCUT2D eigenvalue weighted by Gasteiger charge is 2.22. The van der Waals surface area contributed by atoms with Gasteiger partial charge in [-0.2, -0.15) is 0 Å². The van der Waals surface area contributed by atoms with Crippen LogP contribution in [-0.4, -0.2) is 29.6 Å². The fourth-order valence-electron chi connectivity index (χ4n) is 1.36. The van der Waals surface area contributed by atoms with Crippen LogP contribution in [0.3, 0.4) is 0 Å². The average molecular weight is 253 g/mol. The van der Waals surface area contributed by atoms with Gasteiger partial charge in [0.1, 0.15) is 5.56 Å². The van der Waals surface area contributed by atoms with Crippen LogP contribution < -0.4 is 5.56 Å². The molecular weight excluding hydrogens is 238 g/mol. The van der Waals surface area contributed by atoms with Crippen molar-refractivity contribution in [3.8, 4) is 0 Å². The third-order valence-corrected chi connectivity index (χ3v) is 2.28. The molecule has 0 aliphatic carbocycles. The second kappa shape index (κ2) is 6.00. The summed E-state index contributed by atoms with van der Waals surface area (Å²) in [4.78, 5) is 36.9. The number of hydrogen-bond acceptors (Lipinski definition) is 5. The normalized spacial score (nSPS) is 11.7. The number of pyridine rings is 1. The first-order valence-corrected chi connectivity index (χ1v) is 5.53. The summed E-state index contributed by atoms with van der Waals surface area (Å²) in [7, 11) is 0. The van der Waals surface area contributed by atoms with E-state index in [0.29, 0.717) is 5.56 Å². The van der Waals surface area contributed by atoms with Crippen LogP contribution in [0.5, 0.6) is 0 Å². The Morgan fingerprint density at radius 1 is 1.44 bits per heavy atom. The minimum Gasteiger partial charge on any atom is -0.463 e. The Morgan fingerprint density at radius 3 is 2.67 bits per heavy atom. The van der Waals surface area contributed by atoms with Crippen molar-refractivity contribution < 1.29 is 19.1 Å². The fraction of sp³-hybridized carbons (Fsp3) is 0.417. The van der Waals surface area contributed by atoms with Gasteiger partial charge < -0.3 is 14.5 Å². The number of aromatic amines is 1. The third kappa shape index (κ3) is 3.19. The number of carbonyl (C=O) groups is 2. The highest BCUT2D eigenvalue weighted by atomic mass is 16.6. The number of hydrogen-bond donors (Lipinski definition) is 1. The molecule has 18 heavy (non-hydrogen) atoms. The maximum atomic E-state index is 11.8. The lowest BCUT2D eigenvalue weighted by Crippen LogP contribution is -2.29. The molecule has 0 spiro atoms. The second-order valence-electron chi connectivity index (χ2n) is 3.66. The van der Waals surface area contributed by atoms with Crippen LogP contribution in [0.1, 0.15) is 29.8 Å². The molecule has 1 rings (SSSR count). The number of esters is 2. The van der Waals surface area contributed by atoms with Gasteiger partial charge in [0.05, 0.1) is 6.61 Å². The molecule has 1 heterocycles. The van der Waals surface area contributed by atoms with E-state index in [-0.39, 0.29) is 12.2 Å². The van der Waals surface area contributed by atoms with Crippen molar-refractivity contribution in [2.24, 2.45) is 0 Å². The van der Waals surface area contributed by atoms with Crippen LogP contribution in [0, 0.1) is 6.92 Å². The standard InChI is InChI=1S/C12H15NO5/c1-4-17-11(15)8(3)18-12(16)9-7(2)5-6-13-10(9)14/h5-6,8H,4H2,1-3H3,(H,13,14)/t8-/m0/s1. The summed E-state index contributed by atoms with van der Waals surface area (Å²) in [6, 6.07) is 1.58. The summed E-state index contributed by atoms with van der Waals surface area (Å²) in [6.07, 6.45) is 0.389. The Bertz CT molecular complexity index is 505. The molecule has 0 bridgehead atoms. The largest absolute Gasteiger partial charge is 0.463 e. The van der Waals surface area contributed by atoms with Crippen molar-refractivity contribution in [2.45, 2.75) is 26.9 Å². The zero-order valence-electron chi connectivity index (χ0n) is 10.5. The maximum absolute atomic E-state index is 11.8. The van der Waals surface area contributed by atoms with Crippen molar-refractivity contribution in [3.05, 3.63) is 33.7 Å². The van der Waals surface area contributed by atoms with E-state index >= 15 is 0 Å². The number of ether oxygens (including phenoxy) is 2. The molecule has 0 saturated carbocycles. The Balaban J connectivity index is 2.83. The van der Waals surface area contributed by atoms with E-state index in [2.05, 4.69) is 4.98 Å². The highest BCUT2D eigenvalue weighted by molar-refractivity contribution is 5.92. The molecule has 1 aromatic heterocycles. The highest BCUT2D eigenvalue weighted by Crippen LogP contribution is 2.05. The van der Waals surface area contributed by atoms with E-state index in [1.807, 2.05) is 0 Å². The van der Waals surface area contributed by atoms with Gasteiger partial charge >= 0.3 is 11.9 Å². The van der Waals surface area contributed by atoms with Gasteiger partial charge in [-0.05, 0) is 32.4 Å². The SMILES string of the molecule is CCOC(=O)[C@H](C)OC(=O)c1c(C)cc[nH]c1=O. The summed E-state index contributed by atoms with van der Waals surface area (Å²) in [5, 5.41) is 0. The fourth-order valence-corrected chi connectivity index (χ4v) is 1.36. The van der Waals surface area contributed by atoms with Crippen molar-refractivity contribution in [1.29, 1.82) is 0 Å². The first kappa shape index (κ1) is 14.0. The van der Waals surface area contributed by atoms with Crippen LogP contribution in [0.25, 0.3) is 0 Å². The first-order chi connectivity index (χ1) is 8.47. The Morgan fingerprint density at radius 2 is 2.11 bits per heavy atom. The molecule has 98 valence electrons. The molecule has 0 aliphatic heterocycles. The van der Waals surface area contributed by atoms with Gasteiger partial charge in [-0.3, -0.25) is 4.79 Å². The van der Waals surface area contributed by atoms with Gasteiger partial charge in [0, 0.05) is 6.20 Å². The van der Waals surface area contributed by atoms with E-state index < -0.39 is 23.6 Å². The number of aryl methyl sites for hydroxylation is 1. The lowest BCUT2D eigenvalue weighted by Gasteiger charge is -2.12. The summed E-state index contributed by atoms with van der Waals surface area (Å²) < 4.78 is 9.58. The Labute approximate surface area is 104 Å². The maximum Gasteiger partial charge on any atom is 0.347 e. The minimum atomic E-state index is -1.04. The monoisotopic (exact) mass is 253 g/mol. The van der Waals surface area contributed by atoms with E-state index in [1.54, 1.807) is 19.9 Å². The van der Waals surface area contributed by atoms with E-state index in [4.69, 9.17) is 9.47 Å².